The Kier molecular flexibility index (Phi) is 6.68. The van der Waals surface area contributed by atoms with Crippen molar-refractivity contribution in [2.75, 3.05) is 7.11 Å². The van der Waals surface area contributed by atoms with Crippen LogP contribution in [0.25, 0.3) is 0 Å². The molecule has 170 valence electrons. The maximum atomic E-state index is 14.3. The first-order chi connectivity index (χ1) is 15.0. The number of ether oxygens (including phenoxy) is 2. The fraction of sp³-hybridized carbons (Fsp3) is 0.217. The van der Waals surface area contributed by atoms with Crippen LogP contribution >= 0.6 is 0 Å². The number of alkyl halides is 4. The van der Waals surface area contributed by atoms with Crippen molar-refractivity contribution >= 4 is 0 Å². The maximum absolute atomic E-state index is 14.3. The molecule has 0 fully saturated rings. The van der Waals surface area contributed by atoms with Gasteiger partial charge in [0.2, 0.25) is 0 Å². The lowest BCUT2D eigenvalue weighted by Gasteiger charge is -2.32. The SMILES string of the molecule is COc1cc(C(N)(Cc2ccccc2)c2cc(F)cc(OC(F)(F)C(F)F)c2)ccc1F. The monoisotopic (exact) mass is 455 g/mol. The summed E-state index contributed by atoms with van der Waals surface area (Å²) in [6, 6.07) is 15.0. The number of halogens is 6. The zero-order valence-electron chi connectivity index (χ0n) is 16.8. The molecule has 1 unspecified atom stereocenters. The number of nitrogens with two attached hydrogens (primary N) is 1. The molecule has 0 aliphatic heterocycles. The summed E-state index contributed by atoms with van der Waals surface area (Å²) in [6.45, 7) is 0. The van der Waals surface area contributed by atoms with Gasteiger partial charge in [0.15, 0.2) is 11.6 Å². The molecule has 3 rings (SSSR count). The summed E-state index contributed by atoms with van der Waals surface area (Å²) in [5.74, 6) is -2.66. The first-order valence-corrected chi connectivity index (χ1v) is 9.38. The Morgan fingerprint density at radius 3 is 2.22 bits per heavy atom. The van der Waals surface area contributed by atoms with Crippen molar-refractivity contribution in [1.82, 2.24) is 0 Å². The zero-order chi connectivity index (χ0) is 23.5. The quantitative estimate of drug-likeness (QED) is 0.446. The molecule has 32 heavy (non-hydrogen) atoms. The molecule has 1 atom stereocenters. The van der Waals surface area contributed by atoms with Gasteiger partial charge in [0, 0.05) is 6.07 Å². The molecular weight excluding hydrogens is 436 g/mol. The van der Waals surface area contributed by atoms with Crippen LogP contribution in [0.3, 0.4) is 0 Å². The van der Waals surface area contributed by atoms with Gasteiger partial charge in [-0.05, 0) is 47.4 Å². The fourth-order valence-corrected chi connectivity index (χ4v) is 3.31. The molecular formula is C23H19F6NO2. The number of benzene rings is 3. The summed E-state index contributed by atoms with van der Waals surface area (Å²) >= 11 is 0. The number of rotatable bonds is 8. The molecule has 0 aliphatic rings. The van der Waals surface area contributed by atoms with Gasteiger partial charge in [-0.25, -0.2) is 8.78 Å². The molecule has 0 heterocycles. The van der Waals surface area contributed by atoms with Gasteiger partial charge in [0.25, 0.3) is 0 Å². The smallest absolute Gasteiger partial charge is 0.461 e. The molecule has 0 radical (unpaired) electrons. The third kappa shape index (κ3) is 4.99. The van der Waals surface area contributed by atoms with Crippen LogP contribution in [0.15, 0.2) is 66.7 Å². The zero-order valence-corrected chi connectivity index (χ0v) is 16.8. The summed E-state index contributed by atoms with van der Waals surface area (Å²) in [6.07, 6.45) is -8.92. The molecule has 0 aromatic heterocycles. The number of hydrogen-bond acceptors (Lipinski definition) is 3. The van der Waals surface area contributed by atoms with Crippen molar-refractivity contribution in [3.8, 4) is 11.5 Å². The van der Waals surface area contributed by atoms with Crippen LogP contribution in [-0.2, 0) is 12.0 Å². The van der Waals surface area contributed by atoms with Gasteiger partial charge >= 0.3 is 12.5 Å². The molecule has 0 bridgehead atoms. The van der Waals surface area contributed by atoms with Crippen LogP contribution in [0.2, 0.25) is 0 Å². The average Bonchev–Trinajstić information content (AvgIpc) is 2.73. The Morgan fingerprint density at radius 1 is 0.906 bits per heavy atom. The minimum Gasteiger partial charge on any atom is -0.494 e. The van der Waals surface area contributed by atoms with Gasteiger partial charge in [-0.15, -0.1) is 0 Å². The van der Waals surface area contributed by atoms with Crippen LogP contribution in [0.5, 0.6) is 11.5 Å². The Bertz CT molecular complexity index is 1080. The Morgan fingerprint density at radius 2 is 1.59 bits per heavy atom. The Hall–Kier alpha value is -3.20. The molecule has 3 aromatic carbocycles. The number of methoxy groups -OCH3 is 1. The van der Waals surface area contributed by atoms with Gasteiger partial charge in [-0.1, -0.05) is 36.4 Å². The summed E-state index contributed by atoms with van der Waals surface area (Å²) < 4.78 is 89.4. The highest BCUT2D eigenvalue weighted by Gasteiger charge is 2.44. The predicted molar refractivity (Wildman–Crippen MR) is 106 cm³/mol. The van der Waals surface area contributed by atoms with E-state index >= 15 is 0 Å². The van der Waals surface area contributed by atoms with Crippen molar-refractivity contribution in [2.24, 2.45) is 5.73 Å². The number of hydrogen-bond donors (Lipinski definition) is 1. The minimum absolute atomic E-state index is 0.0385. The lowest BCUT2D eigenvalue weighted by Crippen LogP contribution is -2.40. The van der Waals surface area contributed by atoms with Crippen molar-refractivity contribution < 1.29 is 35.8 Å². The van der Waals surface area contributed by atoms with E-state index in [1.807, 2.05) is 0 Å². The highest BCUT2D eigenvalue weighted by molar-refractivity contribution is 5.46. The van der Waals surface area contributed by atoms with Gasteiger partial charge < -0.3 is 15.2 Å². The van der Waals surface area contributed by atoms with E-state index in [4.69, 9.17) is 10.5 Å². The third-order valence-electron chi connectivity index (χ3n) is 4.89. The molecule has 3 nitrogen and oxygen atoms in total. The van der Waals surface area contributed by atoms with Crippen molar-refractivity contribution in [3.05, 3.63) is 95.1 Å². The third-order valence-corrected chi connectivity index (χ3v) is 4.89. The maximum Gasteiger partial charge on any atom is 0.461 e. The molecule has 3 aromatic rings. The van der Waals surface area contributed by atoms with Crippen LogP contribution in [-0.4, -0.2) is 19.6 Å². The standard InChI is InChI=1S/C23H19F6NO2/c1-31-20-11-15(7-8-19(20)25)22(30,13-14-5-3-2-4-6-14)16-9-17(24)12-18(10-16)32-23(28,29)21(26)27/h2-12,21H,13,30H2,1H3. The average molecular weight is 455 g/mol. The first kappa shape index (κ1) is 23.5. The van der Waals surface area contributed by atoms with Crippen LogP contribution < -0.4 is 15.2 Å². The van der Waals surface area contributed by atoms with E-state index in [9.17, 15) is 26.3 Å². The van der Waals surface area contributed by atoms with Crippen molar-refractivity contribution in [1.29, 1.82) is 0 Å². The predicted octanol–water partition coefficient (Wildman–Crippen LogP) is 5.66. The largest absolute Gasteiger partial charge is 0.494 e. The van der Waals surface area contributed by atoms with Crippen molar-refractivity contribution in [2.45, 2.75) is 24.5 Å². The lowest BCUT2D eigenvalue weighted by molar-refractivity contribution is -0.253. The van der Waals surface area contributed by atoms with E-state index < -0.39 is 35.5 Å². The lowest BCUT2D eigenvalue weighted by atomic mass is 9.78. The topological polar surface area (TPSA) is 44.5 Å². The second-order valence-electron chi connectivity index (χ2n) is 7.12. The van der Waals surface area contributed by atoms with Crippen LogP contribution in [0.1, 0.15) is 16.7 Å². The Labute approximate surface area is 180 Å². The highest BCUT2D eigenvalue weighted by Crippen LogP contribution is 2.37. The van der Waals surface area contributed by atoms with Crippen LogP contribution in [0, 0.1) is 11.6 Å². The van der Waals surface area contributed by atoms with Crippen molar-refractivity contribution in [3.63, 3.8) is 0 Å². The van der Waals surface area contributed by atoms with E-state index in [1.54, 1.807) is 30.3 Å². The van der Waals surface area contributed by atoms with E-state index in [2.05, 4.69) is 4.74 Å². The summed E-state index contributed by atoms with van der Waals surface area (Å²) in [7, 11) is 1.25. The van der Waals surface area contributed by atoms with Gasteiger partial charge in [0.1, 0.15) is 11.6 Å². The van der Waals surface area contributed by atoms with E-state index in [0.29, 0.717) is 11.6 Å². The van der Waals surface area contributed by atoms with E-state index in [-0.39, 0.29) is 23.3 Å². The fourth-order valence-electron chi connectivity index (χ4n) is 3.31. The normalized spacial score (nSPS) is 13.7. The van der Waals surface area contributed by atoms with Gasteiger partial charge in [-0.2, -0.15) is 17.6 Å². The van der Waals surface area contributed by atoms with Gasteiger partial charge in [0.05, 0.1) is 12.6 Å². The van der Waals surface area contributed by atoms with Crippen LogP contribution in [0.4, 0.5) is 26.3 Å². The molecule has 2 N–H and O–H groups in total. The van der Waals surface area contributed by atoms with E-state index in [0.717, 1.165) is 18.2 Å². The molecule has 0 amide bonds. The summed E-state index contributed by atoms with van der Waals surface area (Å²) in [5.41, 5.74) is 6.02. The molecule has 9 heteroatoms. The molecule has 0 aliphatic carbocycles. The molecule has 0 spiro atoms. The Balaban J connectivity index is 2.15. The summed E-state index contributed by atoms with van der Waals surface area (Å²) in [4.78, 5) is 0. The second-order valence-corrected chi connectivity index (χ2v) is 7.12. The highest BCUT2D eigenvalue weighted by atomic mass is 19.3. The molecule has 0 saturated carbocycles. The minimum atomic E-state index is -4.83. The van der Waals surface area contributed by atoms with E-state index in [1.165, 1.54) is 19.2 Å². The van der Waals surface area contributed by atoms with Gasteiger partial charge in [-0.3, -0.25) is 0 Å². The first-order valence-electron chi connectivity index (χ1n) is 9.38. The summed E-state index contributed by atoms with van der Waals surface area (Å²) in [5, 5.41) is 0. The second kappa shape index (κ2) is 9.12. The molecule has 0 saturated heterocycles.